The summed E-state index contributed by atoms with van der Waals surface area (Å²) in [6, 6.07) is 3.41. The molecule has 0 fully saturated rings. The lowest BCUT2D eigenvalue weighted by molar-refractivity contribution is -0.146. The normalized spacial score (nSPS) is 11.9. The van der Waals surface area contributed by atoms with Crippen molar-refractivity contribution in [2.24, 2.45) is 0 Å². The van der Waals surface area contributed by atoms with E-state index in [1.807, 2.05) is 0 Å². The van der Waals surface area contributed by atoms with E-state index >= 15 is 0 Å². The number of rotatable bonds is 4. The third-order valence-corrected chi connectivity index (χ3v) is 2.15. The maximum Gasteiger partial charge on any atom is 0.334 e. The van der Waals surface area contributed by atoms with Crippen LogP contribution >= 0.6 is 11.6 Å². The number of aliphatic hydroxyl groups is 1. The third-order valence-electron chi connectivity index (χ3n) is 1.91. The zero-order valence-electron chi connectivity index (χ0n) is 8.48. The number of carbonyl (C=O) groups is 2. The molecule has 1 atom stereocenters. The molecule has 1 aromatic carbocycles. The van der Waals surface area contributed by atoms with Gasteiger partial charge in [0.2, 0.25) is 0 Å². The minimum Gasteiger partial charge on any atom is -0.479 e. The SMILES string of the molecule is O=C(NCC(O)C(=O)O)c1cc(Cl)ccc1F. The van der Waals surface area contributed by atoms with Crippen molar-refractivity contribution < 1.29 is 24.2 Å². The molecule has 0 radical (unpaired) electrons. The molecule has 92 valence electrons. The van der Waals surface area contributed by atoms with E-state index in [1.54, 1.807) is 0 Å². The Morgan fingerprint density at radius 3 is 2.71 bits per heavy atom. The van der Waals surface area contributed by atoms with Crippen LogP contribution in [0.3, 0.4) is 0 Å². The number of nitrogens with one attached hydrogen (secondary N) is 1. The maximum absolute atomic E-state index is 13.2. The lowest BCUT2D eigenvalue weighted by atomic mass is 10.2. The summed E-state index contributed by atoms with van der Waals surface area (Å²) in [4.78, 5) is 21.7. The van der Waals surface area contributed by atoms with Crippen LogP contribution in [0.5, 0.6) is 0 Å². The van der Waals surface area contributed by atoms with Crippen LogP contribution in [0.4, 0.5) is 4.39 Å². The average molecular weight is 262 g/mol. The van der Waals surface area contributed by atoms with Gasteiger partial charge in [-0.3, -0.25) is 4.79 Å². The molecule has 0 saturated heterocycles. The van der Waals surface area contributed by atoms with Gasteiger partial charge in [0.1, 0.15) is 5.82 Å². The number of hydrogen-bond acceptors (Lipinski definition) is 3. The highest BCUT2D eigenvalue weighted by atomic mass is 35.5. The number of benzene rings is 1. The van der Waals surface area contributed by atoms with Crippen LogP contribution in [-0.2, 0) is 4.79 Å². The molecule has 17 heavy (non-hydrogen) atoms. The number of hydrogen-bond donors (Lipinski definition) is 3. The summed E-state index contributed by atoms with van der Waals surface area (Å²) in [6.07, 6.45) is -1.74. The van der Waals surface area contributed by atoms with E-state index < -0.39 is 30.3 Å². The van der Waals surface area contributed by atoms with Gasteiger partial charge in [-0.2, -0.15) is 0 Å². The van der Waals surface area contributed by atoms with Gasteiger partial charge in [-0.15, -0.1) is 0 Å². The number of halogens is 2. The predicted molar refractivity (Wildman–Crippen MR) is 57.4 cm³/mol. The van der Waals surface area contributed by atoms with Gasteiger partial charge >= 0.3 is 5.97 Å². The second kappa shape index (κ2) is 5.60. The molecule has 0 aliphatic rings. The van der Waals surface area contributed by atoms with E-state index in [4.69, 9.17) is 21.8 Å². The van der Waals surface area contributed by atoms with Gasteiger partial charge < -0.3 is 15.5 Å². The number of aliphatic hydroxyl groups excluding tert-OH is 1. The fourth-order valence-electron chi connectivity index (χ4n) is 1.04. The van der Waals surface area contributed by atoms with Crippen LogP contribution in [0.25, 0.3) is 0 Å². The van der Waals surface area contributed by atoms with Crippen molar-refractivity contribution in [1.82, 2.24) is 5.32 Å². The quantitative estimate of drug-likeness (QED) is 0.743. The molecular weight excluding hydrogens is 253 g/mol. The Morgan fingerprint density at radius 2 is 2.12 bits per heavy atom. The minimum atomic E-state index is -1.74. The van der Waals surface area contributed by atoms with Gasteiger partial charge in [0, 0.05) is 5.02 Å². The molecule has 0 heterocycles. The van der Waals surface area contributed by atoms with E-state index in [1.165, 1.54) is 6.07 Å². The van der Waals surface area contributed by atoms with E-state index in [0.29, 0.717) is 0 Å². The molecule has 0 saturated carbocycles. The number of amides is 1. The summed E-state index contributed by atoms with van der Waals surface area (Å²) < 4.78 is 13.2. The second-order valence-corrected chi connectivity index (χ2v) is 3.62. The first-order valence-electron chi connectivity index (χ1n) is 4.56. The van der Waals surface area contributed by atoms with Crippen LogP contribution in [0.15, 0.2) is 18.2 Å². The molecular formula is C10H9ClFNO4. The summed E-state index contributed by atoms with van der Waals surface area (Å²) in [7, 11) is 0. The first-order chi connectivity index (χ1) is 7.91. The average Bonchev–Trinajstić information content (AvgIpc) is 2.28. The van der Waals surface area contributed by atoms with Gasteiger partial charge in [-0.05, 0) is 18.2 Å². The lowest BCUT2D eigenvalue weighted by Gasteiger charge is -2.08. The minimum absolute atomic E-state index is 0.176. The fraction of sp³-hybridized carbons (Fsp3) is 0.200. The van der Waals surface area contributed by atoms with Gasteiger partial charge in [-0.25, -0.2) is 9.18 Å². The standard InChI is InChI=1S/C10H9ClFNO4/c11-5-1-2-7(12)6(3-5)9(15)13-4-8(14)10(16)17/h1-3,8,14H,4H2,(H,13,15)(H,16,17). The Labute approximate surface area is 101 Å². The molecule has 0 aliphatic heterocycles. The highest BCUT2D eigenvalue weighted by Crippen LogP contribution is 2.14. The van der Waals surface area contributed by atoms with E-state index in [0.717, 1.165) is 12.1 Å². The van der Waals surface area contributed by atoms with Crippen molar-refractivity contribution in [3.63, 3.8) is 0 Å². The van der Waals surface area contributed by atoms with Gasteiger partial charge in [0.05, 0.1) is 12.1 Å². The molecule has 1 unspecified atom stereocenters. The zero-order chi connectivity index (χ0) is 13.0. The largest absolute Gasteiger partial charge is 0.479 e. The number of carboxylic acids is 1. The summed E-state index contributed by atoms with van der Waals surface area (Å²) in [5.74, 6) is -3.10. The molecule has 7 heteroatoms. The van der Waals surface area contributed by atoms with Crippen LogP contribution in [0.1, 0.15) is 10.4 Å². The topological polar surface area (TPSA) is 86.6 Å². The Morgan fingerprint density at radius 1 is 1.47 bits per heavy atom. The van der Waals surface area contributed by atoms with Gasteiger partial charge in [0.15, 0.2) is 6.10 Å². The molecule has 1 amide bonds. The summed E-state index contributed by atoms with van der Waals surface area (Å²) in [5, 5.41) is 19.5. The van der Waals surface area contributed by atoms with Gasteiger partial charge in [0.25, 0.3) is 5.91 Å². The van der Waals surface area contributed by atoms with Crippen molar-refractivity contribution in [1.29, 1.82) is 0 Å². The molecule has 1 rings (SSSR count). The monoisotopic (exact) mass is 261 g/mol. The summed E-state index contributed by atoms with van der Waals surface area (Å²) >= 11 is 5.58. The fourth-order valence-corrected chi connectivity index (χ4v) is 1.22. The number of aliphatic carboxylic acids is 1. The maximum atomic E-state index is 13.2. The van der Waals surface area contributed by atoms with E-state index in [-0.39, 0.29) is 10.6 Å². The Kier molecular flexibility index (Phi) is 4.42. The van der Waals surface area contributed by atoms with E-state index in [9.17, 15) is 14.0 Å². The predicted octanol–water partition coefficient (Wildman–Crippen LogP) is 0.654. The second-order valence-electron chi connectivity index (χ2n) is 3.19. The zero-order valence-corrected chi connectivity index (χ0v) is 9.24. The van der Waals surface area contributed by atoms with Crippen LogP contribution in [-0.4, -0.2) is 34.7 Å². The Hall–Kier alpha value is -1.66. The van der Waals surface area contributed by atoms with Crippen molar-refractivity contribution >= 4 is 23.5 Å². The van der Waals surface area contributed by atoms with Crippen molar-refractivity contribution in [3.05, 3.63) is 34.6 Å². The molecule has 1 aromatic rings. The number of carbonyl (C=O) groups excluding carboxylic acids is 1. The molecule has 0 aliphatic carbocycles. The van der Waals surface area contributed by atoms with Crippen molar-refractivity contribution in [2.45, 2.75) is 6.10 Å². The third kappa shape index (κ3) is 3.69. The van der Waals surface area contributed by atoms with Crippen molar-refractivity contribution in [2.75, 3.05) is 6.54 Å². The molecule has 5 nitrogen and oxygen atoms in total. The Bertz CT molecular complexity index is 452. The highest BCUT2D eigenvalue weighted by molar-refractivity contribution is 6.31. The lowest BCUT2D eigenvalue weighted by Crippen LogP contribution is -2.36. The summed E-state index contributed by atoms with van der Waals surface area (Å²) in [5.41, 5.74) is -0.310. The van der Waals surface area contributed by atoms with Crippen LogP contribution < -0.4 is 5.32 Å². The molecule has 0 aromatic heterocycles. The van der Waals surface area contributed by atoms with Gasteiger partial charge in [-0.1, -0.05) is 11.6 Å². The highest BCUT2D eigenvalue weighted by Gasteiger charge is 2.17. The first-order valence-corrected chi connectivity index (χ1v) is 4.93. The smallest absolute Gasteiger partial charge is 0.334 e. The Balaban J connectivity index is 2.70. The van der Waals surface area contributed by atoms with E-state index in [2.05, 4.69) is 5.32 Å². The van der Waals surface area contributed by atoms with Crippen LogP contribution in [0, 0.1) is 5.82 Å². The molecule has 0 spiro atoms. The van der Waals surface area contributed by atoms with Crippen molar-refractivity contribution in [3.8, 4) is 0 Å². The first kappa shape index (κ1) is 13.4. The summed E-state index contributed by atoms with van der Waals surface area (Å²) in [6.45, 7) is -0.514. The van der Waals surface area contributed by atoms with Crippen LogP contribution in [0.2, 0.25) is 5.02 Å². The molecule has 0 bridgehead atoms. The molecule has 3 N–H and O–H groups in total. The number of carboxylic acid groups (broad SMARTS) is 1.